The van der Waals surface area contributed by atoms with Crippen LogP contribution in [0.5, 0.6) is 0 Å². The Hall–Kier alpha value is -3.51. The van der Waals surface area contributed by atoms with Gasteiger partial charge in [-0.1, -0.05) is 61.7 Å². The highest BCUT2D eigenvalue weighted by molar-refractivity contribution is 7.99. The molecule has 1 aliphatic carbocycles. The minimum absolute atomic E-state index is 0.301. The molecular weight excluding hydrogens is 480 g/mol. The van der Waals surface area contributed by atoms with Crippen LogP contribution in [0.1, 0.15) is 43.2 Å². The Labute approximate surface area is 222 Å². The van der Waals surface area contributed by atoms with Crippen molar-refractivity contribution in [1.29, 1.82) is 0 Å². The van der Waals surface area contributed by atoms with Gasteiger partial charge in [-0.2, -0.15) is 0 Å². The zero-order chi connectivity index (χ0) is 25.7. The van der Waals surface area contributed by atoms with Gasteiger partial charge in [0.25, 0.3) is 0 Å². The van der Waals surface area contributed by atoms with Gasteiger partial charge in [0.05, 0.1) is 5.54 Å². The number of benzene rings is 3. The van der Waals surface area contributed by atoms with Crippen molar-refractivity contribution in [2.24, 2.45) is 0 Å². The lowest BCUT2D eigenvalue weighted by molar-refractivity contribution is -0.131. The first-order chi connectivity index (χ1) is 18.1. The van der Waals surface area contributed by atoms with Crippen LogP contribution in [-0.2, 0) is 16.0 Å². The molecule has 3 aromatic carbocycles. The Bertz CT molecular complexity index is 1300. The lowest BCUT2D eigenvalue weighted by Crippen LogP contribution is -2.51. The molecule has 190 valence electrons. The fourth-order valence-electron chi connectivity index (χ4n) is 5.61. The van der Waals surface area contributed by atoms with Gasteiger partial charge in [-0.3, -0.25) is 4.79 Å². The number of carbonyl (C=O) groups excluding carboxylic acids is 1. The van der Waals surface area contributed by atoms with Crippen LogP contribution in [-0.4, -0.2) is 35.3 Å². The Balaban J connectivity index is 1.41. The van der Waals surface area contributed by atoms with Gasteiger partial charge >= 0.3 is 5.97 Å². The predicted molar refractivity (Wildman–Crippen MR) is 152 cm³/mol. The summed E-state index contributed by atoms with van der Waals surface area (Å²) < 4.78 is 0. The number of nitrogens with zero attached hydrogens (tertiary/aromatic N) is 1. The summed E-state index contributed by atoms with van der Waals surface area (Å²) >= 11 is 1.90. The van der Waals surface area contributed by atoms with Crippen molar-refractivity contribution in [3.8, 4) is 11.1 Å². The van der Waals surface area contributed by atoms with Crippen molar-refractivity contribution >= 4 is 41.6 Å². The minimum atomic E-state index is -0.990. The van der Waals surface area contributed by atoms with Crippen molar-refractivity contribution in [1.82, 2.24) is 0 Å². The van der Waals surface area contributed by atoms with Crippen molar-refractivity contribution in [2.45, 2.75) is 49.0 Å². The van der Waals surface area contributed by atoms with E-state index in [2.05, 4.69) is 47.8 Å². The Morgan fingerprint density at radius 2 is 1.78 bits per heavy atom. The van der Waals surface area contributed by atoms with Crippen LogP contribution in [0.2, 0.25) is 0 Å². The van der Waals surface area contributed by atoms with Crippen molar-refractivity contribution in [3.05, 3.63) is 83.9 Å². The number of rotatable bonds is 8. The second-order valence-corrected chi connectivity index (χ2v) is 11.0. The van der Waals surface area contributed by atoms with E-state index >= 15 is 0 Å². The lowest BCUT2D eigenvalue weighted by atomic mass is 9.76. The number of carbonyl (C=O) groups is 2. The van der Waals surface area contributed by atoms with Gasteiger partial charge in [0, 0.05) is 34.6 Å². The Morgan fingerprint density at radius 3 is 2.54 bits per heavy atom. The quantitative estimate of drug-likeness (QED) is 0.254. The first-order valence-electron chi connectivity index (χ1n) is 12.9. The van der Waals surface area contributed by atoms with Crippen LogP contribution < -0.4 is 10.2 Å². The van der Waals surface area contributed by atoms with Crippen molar-refractivity contribution in [3.63, 3.8) is 0 Å². The van der Waals surface area contributed by atoms with Gasteiger partial charge in [0.2, 0.25) is 6.41 Å². The molecule has 2 N–H and O–H groups in total. The summed E-state index contributed by atoms with van der Waals surface area (Å²) in [5.41, 5.74) is 6.11. The molecule has 6 heteroatoms. The lowest BCUT2D eigenvalue weighted by Gasteiger charge is -2.45. The van der Waals surface area contributed by atoms with E-state index in [0.717, 1.165) is 68.1 Å². The number of carboxylic acids is 1. The Morgan fingerprint density at radius 1 is 1.00 bits per heavy atom. The molecule has 0 spiro atoms. The molecule has 0 aromatic heterocycles. The van der Waals surface area contributed by atoms with Gasteiger partial charge in [0.1, 0.15) is 0 Å². The monoisotopic (exact) mass is 512 g/mol. The van der Waals surface area contributed by atoms with Crippen LogP contribution in [0, 0.1) is 0 Å². The molecule has 0 radical (unpaired) electrons. The number of anilines is 2. The average Bonchev–Trinajstić information content (AvgIpc) is 2.93. The van der Waals surface area contributed by atoms with E-state index in [1.165, 1.54) is 33.7 Å². The summed E-state index contributed by atoms with van der Waals surface area (Å²) in [5, 5.41) is 12.5. The van der Waals surface area contributed by atoms with E-state index < -0.39 is 5.97 Å². The number of hydrogen-bond donors (Lipinski definition) is 2. The number of nitrogens with one attached hydrogen (secondary N) is 1. The van der Waals surface area contributed by atoms with E-state index in [-0.39, 0.29) is 5.54 Å². The number of aliphatic carboxylic acids is 1. The molecule has 37 heavy (non-hydrogen) atoms. The van der Waals surface area contributed by atoms with E-state index in [1.807, 2.05) is 40.9 Å². The van der Waals surface area contributed by atoms with E-state index in [4.69, 9.17) is 5.11 Å². The van der Waals surface area contributed by atoms with Gasteiger partial charge < -0.3 is 15.3 Å². The number of carboxylic acid groups (broad SMARTS) is 1. The normalized spacial score (nSPS) is 16.5. The fraction of sp³-hybridized carbons (Fsp3) is 0.290. The topological polar surface area (TPSA) is 69.6 Å². The maximum Gasteiger partial charge on any atom is 0.328 e. The Kier molecular flexibility index (Phi) is 7.65. The minimum Gasteiger partial charge on any atom is -0.478 e. The summed E-state index contributed by atoms with van der Waals surface area (Å²) in [6.07, 6.45) is 9.67. The van der Waals surface area contributed by atoms with E-state index in [0.29, 0.717) is 0 Å². The maximum atomic E-state index is 12.5. The summed E-state index contributed by atoms with van der Waals surface area (Å²) in [5.74, 6) is 0.0966. The average molecular weight is 513 g/mol. The van der Waals surface area contributed by atoms with Crippen LogP contribution in [0.3, 0.4) is 0 Å². The van der Waals surface area contributed by atoms with E-state index in [1.54, 1.807) is 6.08 Å². The molecule has 1 heterocycles. The maximum absolute atomic E-state index is 12.5. The molecule has 0 saturated heterocycles. The zero-order valence-corrected chi connectivity index (χ0v) is 21.7. The van der Waals surface area contributed by atoms with Crippen molar-refractivity contribution in [2.75, 3.05) is 22.5 Å². The summed E-state index contributed by atoms with van der Waals surface area (Å²) in [6, 6.07) is 23.0. The van der Waals surface area contributed by atoms with Crippen LogP contribution in [0.15, 0.2) is 77.7 Å². The molecule has 1 aliphatic heterocycles. The smallest absolute Gasteiger partial charge is 0.328 e. The fourth-order valence-corrected chi connectivity index (χ4v) is 6.54. The molecule has 3 aromatic rings. The molecule has 5 rings (SSSR count). The highest BCUT2D eigenvalue weighted by atomic mass is 32.2. The third kappa shape index (κ3) is 5.75. The number of hydrogen-bond acceptors (Lipinski definition) is 4. The van der Waals surface area contributed by atoms with Gasteiger partial charge in [0.15, 0.2) is 0 Å². The van der Waals surface area contributed by atoms with E-state index in [9.17, 15) is 9.59 Å². The summed E-state index contributed by atoms with van der Waals surface area (Å²) in [4.78, 5) is 26.7. The summed E-state index contributed by atoms with van der Waals surface area (Å²) in [7, 11) is 0. The second-order valence-electron chi connectivity index (χ2n) is 9.89. The SMILES string of the molecule is O=CN(c1cccc(/C=C/C(=O)O)c1)C1(Cc2ccc(-c3ccc4c(c3)SCCN4)cc2)CCCCC1. The molecule has 2 aliphatic rings. The van der Waals surface area contributed by atoms with Crippen molar-refractivity contribution < 1.29 is 14.7 Å². The highest BCUT2D eigenvalue weighted by Gasteiger charge is 2.38. The number of thioether (sulfide) groups is 1. The zero-order valence-electron chi connectivity index (χ0n) is 20.9. The molecule has 1 fully saturated rings. The van der Waals surface area contributed by atoms with Gasteiger partial charge in [-0.05, 0) is 71.9 Å². The molecule has 5 nitrogen and oxygen atoms in total. The number of amides is 1. The third-order valence-electron chi connectivity index (χ3n) is 7.44. The second kappa shape index (κ2) is 11.3. The molecule has 0 unspecified atom stereocenters. The molecule has 0 atom stereocenters. The van der Waals surface area contributed by atoms with Gasteiger partial charge in [-0.15, -0.1) is 11.8 Å². The largest absolute Gasteiger partial charge is 0.478 e. The van der Waals surface area contributed by atoms with Crippen LogP contribution in [0.25, 0.3) is 17.2 Å². The summed E-state index contributed by atoms with van der Waals surface area (Å²) in [6.45, 7) is 1.01. The van der Waals surface area contributed by atoms with Crippen LogP contribution >= 0.6 is 11.8 Å². The molecule has 0 bridgehead atoms. The standard InChI is InChI=1S/C31H32N2O3S/c34-22-33(27-6-4-5-23(19-27)9-14-30(35)36)31(15-2-1-3-16-31)21-24-7-10-25(11-8-24)26-12-13-28-29(20-26)37-18-17-32-28/h4-14,19-20,22,32H,1-3,15-18,21H2,(H,35,36)/b14-9+. The highest BCUT2D eigenvalue weighted by Crippen LogP contribution is 2.40. The first kappa shape index (κ1) is 25.2. The first-order valence-corrected chi connectivity index (χ1v) is 13.9. The molecular formula is C31H32N2O3S. The van der Waals surface area contributed by atoms with Crippen LogP contribution in [0.4, 0.5) is 11.4 Å². The molecule has 1 saturated carbocycles. The third-order valence-corrected chi connectivity index (χ3v) is 8.50. The predicted octanol–water partition coefficient (Wildman–Crippen LogP) is 6.88. The van der Waals surface area contributed by atoms with Gasteiger partial charge in [-0.25, -0.2) is 4.79 Å². The molecule has 1 amide bonds. The number of fused-ring (bicyclic) bond motifs is 1.